The van der Waals surface area contributed by atoms with Crippen LogP contribution in [0.25, 0.3) is 10.9 Å². The number of carbonyl (C=O) groups is 1. The van der Waals surface area contributed by atoms with Gasteiger partial charge in [0, 0.05) is 30.3 Å². The molecule has 1 aliphatic carbocycles. The SMILES string of the molecule is O=C(Cn1ccc2ccc([N+](=O)[O-])cc21)NCC1CC1. The normalized spacial score (nSPS) is 14.4. The second kappa shape index (κ2) is 4.96. The summed E-state index contributed by atoms with van der Waals surface area (Å²) in [5.74, 6) is 0.586. The third-order valence-electron chi connectivity index (χ3n) is 3.57. The van der Waals surface area contributed by atoms with E-state index in [1.165, 1.54) is 25.0 Å². The zero-order valence-corrected chi connectivity index (χ0v) is 10.9. The van der Waals surface area contributed by atoms with E-state index in [-0.39, 0.29) is 18.1 Å². The lowest BCUT2D eigenvalue weighted by molar-refractivity contribution is -0.384. The number of nitrogens with zero attached hydrogens (tertiary/aromatic N) is 2. The summed E-state index contributed by atoms with van der Waals surface area (Å²) < 4.78 is 1.74. The first-order valence-corrected chi connectivity index (χ1v) is 6.63. The number of non-ortho nitro benzene ring substituents is 1. The summed E-state index contributed by atoms with van der Waals surface area (Å²) in [4.78, 5) is 22.2. The lowest BCUT2D eigenvalue weighted by Gasteiger charge is -2.06. The number of nitrogens with one attached hydrogen (secondary N) is 1. The molecule has 1 aromatic heterocycles. The van der Waals surface area contributed by atoms with Crippen molar-refractivity contribution in [3.8, 4) is 0 Å². The van der Waals surface area contributed by atoms with Crippen molar-refractivity contribution in [3.63, 3.8) is 0 Å². The maximum absolute atomic E-state index is 11.8. The molecule has 1 aromatic carbocycles. The third-order valence-corrected chi connectivity index (χ3v) is 3.57. The van der Waals surface area contributed by atoms with Crippen molar-refractivity contribution in [2.75, 3.05) is 6.54 Å². The first kappa shape index (κ1) is 12.7. The molecular formula is C14H15N3O3. The van der Waals surface area contributed by atoms with E-state index in [0.717, 1.165) is 11.9 Å². The van der Waals surface area contributed by atoms with Crippen LogP contribution in [0.15, 0.2) is 30.5 Å². The van der Waals surface area contributed by atoms with E-state index in [0.29, 0.717) is 11.4 Å². The van der Waals surface area contributed by atoms with Crippen molar-refractivity contribution >= 4 is 22.5 Å². The standard InChI is InChI=1S/C14H15N3O3/c18-14(15-8-10-1-2-10)9-16-6-5-11-3-4-12(17(19)20)7-13(11)16/h3-7,10H,1-2,8-9H2,(H,15,18). The van der Waals surface area contributed by atoms with Crippen LogP contribution in [-0.4, -0.2) is 21.9 Å². The van der Waals surface area contributed by atoms with Crippen LogP contribution in [0.2, 0.25) is 0 Å². The Balaban J connectivity index is 1.77. The van der Waals surface area contributed by atoms with E-state index in [4.69, 9.17) is 0 Å². The van der Waals surface area contributed by atoms with Crippen molar-refractivity contribution in [1.29, 1.82) is 0 Å². The van der Waals surface area contributed by atoms with Crippen molar-refractivity contribution in [2.45, 2.75) is 19.4 Å². The minimum atomic E-state index is -0.427. The number of amides is 1. The molecule has 0 unspecified atom stereocenters. The van der Waals surface area contributed by atoms with Crippen LogP contribution in [-0.2, 0) is 11.3 Å². The Labute approximate surface area is 115 Å². The highest BCUT2D eigenvalue weighted by Gasteiger charge is 2.21. The summed E-state index contributed by atoms with van der Waals surface area (Å²) in [7, 11) is 0. The van der Waals surface area contributed by atoms with Crippen molar-refractivity contribution in [3.05, 3.63) is 40.6 Å². The quantitative estimate of drug-likeness (QED) is 0.669. The maximum atomic E-state index is 11.8. The smallest absolute Gasteiger partial charge is 0.271 e. The lowest BCUT2D eigenvalue weighted by Crippen LogP contribution is -2.29. The Kier molecular flexibility index (Phi) is 3.14. The van der Waals surface area contributed by atoms with E-state index in [1.54, 1.807) is 16.8 Å². The Bertz CT molecular complexity index is 673. The minimum absolute atomic E-state index is 0.0378. The molecule has 1 aliphatic rings. The molecule has 6 heteroatoms. The third kappa shape index (κ3) is 2.64. The molecule has 0 bridgehead atoms. The van der Waals surface area contributed by atoms with Gasteiger partial charge in [-0.25, -0.2) is 0 Å². The fourth-order valence-corrected chi connectivity index (χ4v) is 2.21. The Hall–Kier alpha value is -2.37. The molecule has 0 radical (unpaired) electrons. The fourth-order valence-electron chi connectivity index (χ4n) is 2.21. The van der Waals surface area contributed by atoms with Crippen molar-refractivity contribution < 1.29 is 9.72 Å². The van der Waals surface area contributed by atoms with Gasteiger partial charge in [-0.1, -0.05) is 0 Å². The average Bonchev–Trinajstić information content (AvgIpc) is 3.18. The molecule has 0 atom stereocenters. The predicted molar refractivity (Wildman–Crippen MR) is 74.3 cm³/mol. The molecule has 0 aliphatic heterocycles. The molecule has 20 heavy (non-hydrogen) atoms. The van der Waals surface area contributed by atoms with E-state index in [1.807, 2.05) is 6.07 Å². The number of hydrogen-bond acceptors (Lipinski definition) is 3. The van der Waals surface area contributed by atoms with Crippen LogP contribution >= 0.6 is 0 Å². The van der Waals surface area contributed by atoms with Gasteiger partial charge < -0.3 is 9.88 Å². The summed E-state index contributed by atoms with van der Waals surface area (Å²) in [5.41, 5.74) is 0.747. The van der Waals surface area contributed by atoms with Crippen LogP contribution in [0.4, 0.5) is 5.69 Å². The highest BCUT2D eigenvalue weighted by molar-refractivity contribution is 5.85. The van der Waals surface area contributed by atoms with E-state index in [9.17, 15) is 14.9 Å². The number of carbonyl (C=O) groups excluding carboxylic acids is 1. The molecule has 0 spiro atoms. The summed E-state index contributed by atoms with van der Waals surface area (Å²) in [6.45, 7) is 0.926. The van der Waals surface area contributed by atoms with Crippen LogP contribution in [0.5, 0.6) is 0 Å². The predicted octanol–water partition coefficient (Wildman–Crippen LogP) is 2.08. The summed E-state index contributed by atoms with van der Waals surface area (Å²) in [5, 5.41) is 14.6. The highest BCUT2D eigenvalue weighted by Crippen LogP contribution is 2.27. The molecule has 3 rings (SSSR count). The van der Waals surface area contributed by atoms with Gasteiger partial charge in [0.05, 0.1) is 10.4 Å². The summed E-state index contributed by atoms with van der Waals surface area (Å²) >= 11 is 0. The maximum Gasteiger partial charge on any atom is 0.271 e. The highest BCUT2D eigenvalue weighted by atomic mass is 16.6. The lowest BCUT2D eigenvalue weighted by atomic mass is 10.2. The van der Waals surface area contributed by atoms with Gasteiger partial charge >= 0.3 is 0 Å². The second-order valence-corrected chi connectivity index (χ2v) is 5.19. The van der Waals surface area contributed by atoms with Crippen LogP contribution < -0.4 is 5.32 Å². The molecule has 1 N–H and O–H groups in total. The molecule has 104 valence electrons. The Morgan fingerprint density at radius 3 is 2.90 bits per heavy atom. The van der Waals surface area contributed by atoms with Gasteiger partial charge in [0.1, 0.15) is 6.54 Å². The molecule has 1 fully saturated rings. The van der Waals surface area contributed by atoms with Gasteiger partial charge in [-0.15, -0.1) is 0 Å². The van der Waals surface area contributed by atoms with Gasteiger partial charge in [0.25, 0.3) is 5.69 Å². The molecular weight excluding hydrogens is 258 g/mol. The molecule has 1 saturated carbocycles. The van der Waals surface area contributed by atoms with E-state index >= 15 is 0 Å². The molecule has 6 nitrogen and oxygen atoms in total. The monoisotopic (exact) mass is 273 g/mol. The van der Waals surface area contributed by atoms with Gasteiger partial charge in [0.2, 0.25) is 5.91 Å². The zero-order chi connectivity index (χ0) is 14.1. The second-order valence-electron chi connectivity index (χ2n) is 5.19. The molecule has 1 heterocycles. The summed E-state index contributed by atoms with van der Waals surface area (Å²) in [6.07, 6.45) is 4.17. The van der Waals surface area contributed by atoms with Crippen molar-refractivity contribution in [1.82, 2.24) is 9.88 Å². The minimum Gasteiger partial charge on any atom is -0.354 e. The first-order valence-electron chi connectivity index (χ1n) is 6.63. The van der Waals surface area contributed by atoms with Crippen molar-refractivity contribution in [2.24, 2.45) is 5.92 Å². The number of fused-ring (bicyclic) bond motifs is 1. The number of aromatic nitrogens is 1. The topological polar surface area (TPSA) is 77.2 Å². The first-order chi connectivity index (χ1) is 9.63. The number of nitro groups is 1. The van der Waals surface area contributed by atoms with Crippen LogP contribution in [0.3, 0.4) is 0 Å². The zero-order valence-electron chi connectivity index (χ0n) is 10.9. The van der Waals surface area contributed by atoms with E-state index in [2.05, 4.69) is 5.32 Å². The van der Waals surface area contributed by atoms with Gasteiger partial charge in [-0.05, 0) is 30.9 Å². The summed E-state index contributed by atoms with van der Waals surface area (Å²) in [6, 6.07) is 6.53. The van der Waals surface area contributed by atoms with Gasteiger partial charge in [-0.3, -0.25) is 14.9 Å². The molecule has 2 aromatic rings. The number of rotatable bonds is 5. The average molecular weight is 273 g/mol. The Morgan fingerprint density at radius 2 is 2.20 bits per heavy atom. The number of nitro benzene ring substituents is 1. The van der Waals surface area contributed by atoms with Gasteiger partial charge in [-0.2, -0.15) is 0 Å². The number of benzene rings is 1. The van der Waals surface area contributed by atoms with Gasteiger partial charge in [0.15, 0.2) is 0 Å². The van der Waals surface area contributed by atoms with Crippen LogP contribution in [0, 0.1) is 16.0 Å². The largest absolute Gasteiger partial charge is 0.354 e. The molecule has 1 amide bonds. The van der Waals surface area contributed by atoms with E-state index < -0.39 is 4.92 Å². The Morgan fingerprint density at radius 1 is 1.40 bits per heavy atom. The fraction of sp³-hybridized carbons (Fsp3) is 0.357. The van der Waals surface area contributed by atoms with Crippen LogP contribution in [0.1, 0.15) is 12.8 Å². The molecule has 0 saturated heterocycles. The number of hydrogen-bond donors (Lipinski definition) is 1.